The first-order valence-electron chi connectivity index (χ1n) is 23.2. The van der Waals surface area contributed by atoms with E-state index in [4.69, 9.17) is 20.8 Å². The van der Waals surface area contributed by atoms with Crippen LogP contribution in [0, 0.1) is 17.0 Å². The average molecular weight is 1400 g/mol. The van der Waals surface area contributed by atoms with Crippen LogP contribution in [0.1, 0.15) is 16.1 Å². The van der Waals surface area contributed by atoms with Gasteiger partial charge in [-0.05, 0) is 85.3 Å². The molecule has 0 fully saturated rings. The van der Waals surface area contributed by atoms with E-state index in [0.29, 0.717) is 35.1 Å². The monoisotopic (exact) mass is 1400 g/mol. The number of nitrogen functional groups attached to an aromatic ring is 1. The van der Waals surface area contributed by atoms with Gasteiger partial charge in [0.1, 0.15) is 48.0 Å². The van der Waals surface area contributed by atoms with Gasteiger partial charge in [0.25, 0.3) is 61.8 Å². The minimum Gasteiger partial charge on any atom is -0.505 e. The summed E-state index contributed by atoms with van der Waals surface area (Å²) in [6, 6.07) is 14.7. The molecule has 40 nitrogen and oxygen atoms in total. The SMILES string of the molecule is CN=Nc1c(S(=O)(=O)O)cc2c(S(=O)(=O)O)c(N=Nc3cc(S(=O)(=O)O)c4cc(SOOO)c(N=Nc5ccc([N+](=O)[O-])cc5S(=O)(=O)O)c(O)c4c3N)ccc2c1O.Cc1ccc(N=Nc2c(C(=O)O)[nH]n(-c3ccc(S(=O)(=O)O)cc3)c2=O)cc1SOOO. The Labute approximate surface area is 514 Å². The van der Waals surface area contributed by atoms with Gasteiger partial charge in [0.2, 0.25) is 0 Å². The third-order valence-corrected chi connectivity index (χ3v) is 17.5. The van der Waals surface area contributed by atoms with Gasteiger partial charge in [0.15, 0.2) is 22.9 Å². The average Bonchev–Trinajstić information content (AvgIpc) is 0.957. The number of carboxylic acids is 1. The van der Waals surface area contributed by atoms with Gasteiger partial charge in [0, 0.05) is 40.2 Å². The van der Waals surface area contributed by atoms with Gasteiger partial charge in [-0.25, -0.2) is 20.0 Å². The fourth-order valence-electron chi connectivity index (χ4n) is 7.78. The number of aromatic carboxylic acids is 1. The second-order valence-corrected chi connectivity index (χ2v) is 25.7. The first-order valence-corrected chi connectivity index (χ1v) is 31.9. The van der Waals surface area contributed by atoms with Gasteiger partial charge in [0.05, 0.1) is 61.2 Å². The lowest BCUT2D eigenvalue weighted by Gasteiger charge is -2.15. The maximum Gasteiger partial charge on any atom is 0.356 e. The summed E-state index contributed by atoms with van der Waals surface area (Å²) in [5.41, 5.74) is -0.0956. The summed E-state index contributed by atoms with van der Waals surface area (Å²) in [6.45, 7) is 1.75. The van der Waals surface area contributed by atoms with Crippen molar-refractivity contribution in [2.24, 2.45) is 40.9 Å². The highest BCUT2D eigenvalue weighted by Gasteiger charge is 2.30. The number of hydrogen-bond donors (Lipinski definition) is 12. The second kappa shape index (κ2) is 27.1. The Hall–Kier alpha value is -9.25. The van der Waals surface area contributed by atoms with Crippen molar-refractivity contribution in [1.82, 2.24) is 9.78 Å². The van der Waals surface area contributed by atoms with E-state index in [9.17, 15) is 95.3 Å². The fraction of sp³-hybridized carbons (Fsp3) is 0.0455. The smallest absolute Gasteiger partial charge is 0.356 e. The predicted molar refractivity (Wildman–Crippen MR) is 307 cm³/mol. The summed E-state index contributed by atoms with van der Waals surface area (Å²) >= 11 is 0.709. The molecule has 0 spiro atoms. The Balaban J connectivity index is 0.000000309. The van der Waals surface area contributed by atoms with Crippen LogP contribution in [0.3, 0.4) is 0 Å². The third kappa shape index (κ3) is 15.5. The van der Waals surface area contributed by atoms with E-state index in [1.54, 1.807) is 19.1 Å². The van der Waals surface area contributed by atoms with Gasteiger partial charge in [-0.1, -0.05) is 16.1 Å². The number of phenolic OH excluding ortho intramolecular Hbond substituents is 2. The number of anilines is 1. The molecule has 1 aromatic heterocycles. The molecule has 0 saturated carbocycles. The van der Waals surface area contributed by atoms with Crippen LogP contribution in [0.25, 0.3) is 27.2 Å². The number of rotatable bonds is 21. The number of carboxylic acid groups (broad SMARTS) is 1. The standard InChI is InChI=1S/C27H20N8O19S5.C17H14N4O9S2/c1-29-33-24-20(58(47,48)49)8-12-11(25(24)36)3-5-15(27(12)59(50,51)52)31-32-16-9-18(56(41,42)43)13-7-17(55-54-53-40)23(26(37)21(13)22(16)28)34-30-14-4-2-10(35(38)39)6-19(14)57(44,45)46;1-9-2-3-10(8-13(9)31-30-29-25)18-19-14-15(17(23)24)20-21(16(14)22)11-4-6-12(7-5-11)32(26,27)28/h2-9,36-37,40H,28H2,1H3,(H,41,42,43)(H,44,45,46)(H,47,48,49)(H,50,51,52);2-8,20,25H,1H3,(H,23,24)(H,26,27,28). The van der Waals surface area contributed by atoms with E-state index >= 15 is 0 Å². The van der Waals surface area contributed by atoms with E-state index in [1.165, 1.54) is 18.2 Å². The number of aromatic hydroxyl groups is 2. The molecule has 1 heterocycles. The molecule has 0 atom stereocenters. The Morgan fingerprint density at radius 3 is 1.75 bits per heavy atom. The molecule has 0 aliphatic heterocycles. The van der Waals surface area contributed by atoms with E-state index in [0.717, 1.165) is 59.8 Å². The first kappa shape index (κ1) is 69.2. The van der Waals surface area contributed by atoms with E-state index < -0.39 is 181 Å². The molecule has 8 rings (SSSR count). The number of nitro groups is 1. The van der Waals surface area contributed by atoms with E-state index in [-0.39, 0.29) is 23.4 Å². The maximum absolute atomic E-state index is 12.7. The van der Waals surface area contributed by atoms with Crippen LogP contribution in [0.2, 0.25) is 0 Å². The van der Waals surface area contributed by atoms with Crippen molar-refractivity contribution in [1.29, 1.82) is 0 Å². The van der Waals surface area contributed by atoms with E-state index in [1.807, 2.05) is 0 Å². The van der Waals surface area contributed by atoms with Crippen LogP contribution >= 0.6 is 24.1 Å². The molecule has 91 heavy (non-hydrogen) atoms. The normalized spacial score (nSPS) is 12.7. The predicted octanol–water partition coefficient (Wildman–Crippen LogP) is 9.12. The first-order chi connectivity index (χ1) is 42.4. The van der Waals surface area contributed by atoms with Crippen molar-refractivity contribution in [3.05, 3.63) is 123 Å². The molecular weight excluding hydrogens is 1370 g/mol. The number of nitro benzene ring substituents is 1. The lowest BCUT2D eigenvalue weighted by atomic mass is 10.0. The quantitative estimate of drug-likeness (QED) is 0.00606. The number of benzene rings is 7. The Morgan fingerprint density at radius 1 is 0.604 bits per heavy atom. The van der Waals surface area contributed by atoms with Crippen LogP contribution in [-0.2, 0) is 69.3 Å². The summed E-state index contributed by atoms with van der Waals surface area (Å²) < 4.78 is 180. The molecule has 0 bridgehead atoms. The number of non-ortho nitro benzene ring substituents is 1. The lowest BCUT2D eigenvalue weighted by Crippen LogP contribution is -2.14. The molecule has 0 radical (unpaired) electrons. The minimum absolute atomic E-state index is 0.0109. The van der Waals surface area contributed by atoms with Crippen LogP contribution < -0.4 is 11.3 Å². The largest absolute Gasteiger partial charge is 0.505 e. The number of aryl methyl sites for hydroxylation is 1. The second-order valence-electron chi connectivity index (χ2n) is 17.2. The van der Waals surface area contributed by atoms with Crippen molar-refractivity contribution in [2.75, 3.05) is 12.8 Å². The summed E-state index contributed by atoms with van der Waals surface area (Å²) in [4.78, 5) is 29.5. The number of fused-ring (bicyclic) bond motifs is 2. The lowest BCUT2D eigenvalue weighted by molar-refractivity contribution is -0.432. The highest BCUT2D eigenvalue weighted by Crippen LogP contribution is 2.51. The summed E-state index contributed by atoms with van der Waals surface area (Å²) in [6.07, 6.45) is 0. The molecule has 0 saturated heterocycles. The highest BCUT2D eigenvalue weighted by atomic mass is 32.2. The van der Waals surface area contributed by atoms with Crippen molar-refractivity contribution < 1.29 is 119 Å². The van der Waals surface area contributed by atoms with Crippen LogP contribution in [-0.4, -0.2) is 118 Å². The van der Waals surface area contributed by atoms with Crippen molar-refractivity contribution in [3.8, 4) is 17.2 Å². The van der Waals surface area contributed by atoms with Gasteiger partial charge < -0.3 is 21.1 Å². The molecule has 480 valence electrons. The number of phenols is 2. The minimum atomic E-state index is -5.47. The number of azo groups is 4. The zero-order valence-electron chi connectivity index (χ0n) is 44.4. The molecule has 0 unspecified atom stereocenters. The number of nitrogens with zero attached hydrogens (tertiary/aromatic N) is 10. The van der Waals surface area contributed by atoms with Crippen LogP contribution in [0.4, 0.5) is 51.2 Å². The summed E-state index contributed by atoms with van der Waals surface area (Å²) in [5.74, 6) is -3.66. The molecule has 0 amide bonds. The number of carbonyl (C=O) groups is 1. The molecule has 8 aromatic rings. The van der Waals surface area contributed by atoms with Gasteiger partial charge in [-0.3, -0.25) is 42.8 Å². The zero-order chi connectivity index (χ0) is 67.5. The topological polar surface area (TPSA) is 633 Å². The van der Waals surface area contributed by atoms with Crippen LogP contribution in [0.15, 0.2) is 171 Å². The van der Waals surface area contributed by atoms with Crippen LogP contribution in [0.5, 0.6) is 11.5 Å². The Kier molecular flexibility index (Phi) is 20.6. The Bertz CT molecular complexity index is 5100. The van der Waals surface area contributed by atoms with E-state index in [2.05, 4.69) is 64.8 Å². The zero-order valence-corrected chi connectivity index (χ0v) is 50.1. The number of nitrogens with one attached hydrogen (secondary N) is 1. The summed E-state index contributed by atoms with van der Waals surface area (Å²) in [5, 5.41) is 95.8. The number of aromatic nitrogens is 2. The van der Waals surface area contributed by atoms with Crippen molar-refractivity contribution in [2.45, 2.75) is 41.2 Å². The molecule has 47 heteroatoms. The van der Waals surface area contributed by atoms with Gasteiger partial charge in [-0.15, -0.1) is 34.2 Å². The molecule has 7 aromatic carbocycles. The summed E-state index contributed by atoms with van der Waals surface area (Å²) in [7, 11) is -24.7. The molecule has 0 aliphatic carbocycles. The van der Waals surface area contributed by atoms with Gasteiger partial charge >= 0.3 is 5.97 Å². The van der Waals surface area contributed by atoms with Gasteiger partial charge in [-0.2, -0.15) is 57.4 Å². The highest BCUT2D eigenvalue weighted by molar-refractivity contribution is 7.95. The number of hydrogen-bond acceptors (Lipinski definition) is 33. The molecule has 13 N–H and O–H groups in total. The number of nitrogens with two attached hydrogens (primary N) is 1. The fourth-order valence-corrected chi connectivity index (χ4v) is 12.0. The molecular formula is C44H34N12O28S7. The molecule has 0 aliphatic rings. The van der Waals surface area contributed by atoms with Crippen molar-refractivity contribution >= 4 is 153 Å². The Morgan fingerprint density at radius 2 is 1.19 bits per heavy atom. The number of aromatic amines is 1. The maximum atomic E-state index is 12.7. The van der Waals surface area contributed by atoms with Crippen molar-refractivity contribution in [3.63, 3.8) is 0 Å². The number of H-pyrrole nitrogens is 1. The third-order valence-electron chi connectivity index (χ3n) is 11.7.